The highest BCUT2D eigenvalue weighted by Crippen LogP contribution is 2.28. The Balaban J connectivity index is 2.02. The zero-order chi connectivity index (χ0) is 8.72. The summed E-state index contributed by atoms with van der Waals surface area (Å²) in [6.45, 7) is 3.31. The third kappa shape index (κ3) is 1.23. The number of likely N-dealkylation sites (tertiary alicyclic amines) is 1. The molecule has 0 radical (unpaired) electrons. The summed E-state index contributed by atoms with van der Waals surface area (Å²) >= 11 is 4.13. The molecule has 12 heavy (non-hydrogen) atoms. The molecule has 0 aromatic rings. The normalized spacial score (nSPS) is 35.7. The molecule has 2 aliphatic heterocycles. The van der Waals surface area contributed by atoms with Crippen LogP contribution in [-0.4, -0.2) is 41.4 Å². The topological polar surface area (TPSA) is 29.5 Å². The molecular weight excluding hydrogens is 174 g/mol. The predicted molar refractivity (Wildman–Crippen MR) is 48.3 cm³/mol. The van der Waals surface area contributed by atoms with Gasteiger partial charge in [0, 0.05) is 6.54 Å². The smallest absolute Gasteiger partial charge is 0.235 e. The van der Waals surface area contributed by atoms with Gasteiger partial charge in [0.25, 0.3) is 0 Å². The Morgan fingerprint density at radius 1 is 1.75 bits per heavy atom. The van der Waals surface area contributed by atoms with Crippen LogP contribution >= 0.6 is 12.6 Å². The minimum atomic E-state index is -0.177. The Kier molecular flexibility index (Phi) is 2.04. The lowest BCUT2D eigenvalue weighted by molar-refractivity contribution is -0.134. The molecule has 3 unspecified atom stereocenters. The van der Waals surface area contributed by atoms with Crippen LogP contribution < -0.4 is 0 Å². The van der Waals surface area contributed by atoms with Crippen LogP contribution in [0.4, 0.5) is 0 Å². The second kappa shape index (κ2) is 2.92. The second-order valence-electron chi connectivity index (χ2n) is 3.51. The molecule has 0 spiro atoms. The molecule has 2 saturated heterocycles. The van der Waals surface area contributed by atoms with E-state index in [1.165, 1.54) is 0 Å². The first-order valence-electron chi connectivity index (χ1n) is 4.28. The van der Waals surface area contributed by atoms with E-state index >= 15 is 0 Å². The van der Waals surface area contributed by atoms with Gasteiger partial charge in [-0.1, -0.05) is 0 Å². The Morgan fingerprint density at radius 3 is 2.92 bits per heavy atom. The molecule has 1 amide bonds. The van der Waals surface area contributed by atoms with E-state index < -0.39 is 0 Å². The van der Waals surface area contributed by atoms with E-state index in [2.05, 4.69) is 12.6 Å². The molecule has 3 nitrogen and oxygen atoms in total. The number of rotatable bonds is 1. The second-order valence-corrected chi connectivity index (χ2v) is 4.29. The molecule has 0 N–H and O–H groups in total. The number of thiol groups is 1. The lowest BCUT2D eigenvalue weighted by Crippen LogP contribution is -2.44. The van der Waals surface area contributed by atoms with Gasteiger partial charge < -0.3 is 9.64 Å². The molecule has 0 aromatic carbocycles. The van der Waals surface area contributed by atoms with Crippen LogP contribution in [0.2, 0.25) is 0 Å². The molecule has 0 saturated carbocycles. The van der Waals surface area contributed by atoms with Crippen molar-refractivity contribution in [1.82, 2.24) is 4.90 Å². The standard InChI is InChI=1S/C8H13NO2S/c1-5(12)8(10)9-3-7-2-6(9)4-11-7/h5-7,12H,2-4H2,1H3. The van der Waals surface area contributed by atoms with E-state index in [0.717, 1.165) is 19.6 Å². The van der Waals surface area contributed by atoms with Crippen LogP contribution in [-0.2, 0) is 9.53 Å². The number of fused-ring (bicyclic) bond motifs is 2. The Bertz CT molecular complexity index is 207. The van der Waals surface area contributed by atoms with Crippen molar-refractivity contribution in [3.05, 3.63) is 0 Å². The molecule has 4 heteroatoms. The monoisotopic (exact) mass is 187 g/mol. The van der Waals surface area contributed by atoms with E-state index in [0.29, 0.717) is 12.1 Å². The van der Waals surface area contributed by atoms with Gasteiger partial charge in [-0.05, 0) is 13.3 Å². The van der Waals surface area contributed by atoms with Crippen LogP contribution in [0.5, 0.6) is 0 Å². The third-order valence-corrected chi connectivity index (χ3v) is 2.76. The number of hydrogen-bond donors (Lipinski definition) is 1. The van der Waals surface area contributed by atoms with Crippen LogP contribution in [0, 0.1) is 0 Å². The van der Waals surface area contributed by atoms with Gasteiger partial charge in [0.15, 0.2) is 0 Å². The van der Waals surface area contributed by atoms with Gasteiger partial charge in [0.05, 0.1) is 24.0 Å². The largest absolute Gasteiger partial charge is 0.374 e. The van der Waals surface area contributed by atoms with Gasteiger partial charge in [-0.15, -0.1) is 0 Å². The van der Waals surface area contributed by atoms with Gasteiger partial charge in [-0.3, -0.25) is 4.79 Å². The van der Waals surface area contributed by atoms with Gasteiger partial charge in [-0.25, -0.2) is 0 Å². The lowest BCUT2D eigenvalue weighted by atomic mass is 10.2. The molecule has 0 aliphatic carbocycles. The highest BCUT2D eigenvalue weighted by atomic mass is 32.1. The predicted octanol–water partition coefficient (Wildman–Crippen LogP) is 0.304. The zero-order valence-electron chi connectivity index (χ0n) is 7.06. The maximum absolute atomic E-state index is 11.5. The van der Waals surface area contributed by atoms with Crippen LogP contribution in [0.3, 0.4) is 0 Å². The number of carbonyl (C=O) groups is 1. The van der Waals surface area contributed by atoms with E-state index in [1.807, 2.05) is 11.8 Å². The van der Waals surface area contributed by atoms with Crippen molar-refractivity contribution in [1.29, 1.82) is 0 Å². The van der Waals surface area contributed by atoms with Crippen LogP contribution in [0.15, 0.2) is 0 Å². The first-order chi connectivity index (χ1) is 5.68. The Labute approximate surface area is 77.5 Å². The first kappa shape index (κ1) is 8.38. The van der Waals surface area contributed by atoms with Crippen LogP contribution in [0.1, 0.15) is 13.3 Å². The summed E-state index contributed by atoms with van der Waals surface area (Å²) in [4.78, 5) is 13.4. The van der Waals surface area contributed by atoms with Gasteiger partial charge in [-0.2, -0.15) is 12.6 Å². The zero-order valence-corrected chi connectivity index (χ0v) is 7.96. The molecule has 2 fully saturated rings. The molecule has 3 atom stereocenters. The van der Waals surface area contributed by atoms with Crippen molar-refractivity contribution in [3.63, 3.8) is 0 Å². The summed E-state index contributed by atoms with van der Waals surface area (Å²) in [5, 5.41) is -0.177. The van der Waals surface area contributed by atoms with Crippen LogP contribution in [0.25, 0.3) is 0 Å². The Hall–Kier alpha value is -0.220. The molecule has 2 aliphatic rings. The van der Waals surface area contributed by atoms with E-state index in [1.54, 1.807) is 0 Å². The van der Waals surface area contributed by atoms with E-state index in [-0.39, 0.29) is 11.2 Å². The fourth-order valence-electron chi connectivity index (χ4n) is 1.91. The Morgan fingerprint density at radius 2 is 2.50 bits per heavy atom. The maximum Gasteiger partial charge on any atom is 0.235 e. The van der Waals surface area contributed by atoms with Crippen molar-refractivity contribution < 1.29 is 9.53 Å². The summed E-state index contributed by atoms with van der Waals surface area (Å²) in [7, 11) is 0. The fraction of sp³-hybridized carbons (Fsp3) is 0.875. The van der Waals surface area contributed by atoms with Gasteiger partial charge in [0.1, 0.15) is 0 Å². The van der Waals surface area contributed by atoms with Gasteiger partial charge >= 0.3 is 0 Å². The number of nitrogens with zero attached hydrogens (tertiary/aromatic N) is 1. The molecule has 0 aromatic heterocycles. The quantitative estimate of drug-likeness (QED) is 0.598. The average Bonchev–Trinajstić information content (AvgIpc) is 2.62. The van der Waals surface area contributed by atoms with Gasteiger partial charge in [0.2, 0.25) is 5.91 Å². The SMILES string of the molecule is CC(S)C(=O)N1CC2CC1CO2. The average molecular weight is 187 g/mol. The van der Waals surface area contributed by atoms with Crippen molar-refractivity contribution in [3.8, 4) is 0 Å². The van der Waals surface area contributed by atoms with Crippen molar-refractivity contribution in [2.75, 3.05) is 13.2 Å². The fourth-order valence-corrected chi connectivity index (χ4v) is 2.06. The number of carbonyl (C=O) groups excluding carboxylic acids is 1. The highest BCUT2D eigenvalue weighted by Gasteiger charge is 2.41. The van der Waals surface area contributed by atoms with Crippen molar-refractivity contribution in [2.24, 2.45) is 0 Å². The minimum absolute atomic E-state index is 0.147. The number of amides is 1. The number of morpholine rings is 1. The summed E-state index contributed by atoms with van der Waals surface area (Å²) in [6, 6.07) is 0.331. The molecule has 68 valence electrons. The van der Waals surface area contributed by atoms with Crippen molar-refractivity contribution >= 4 is 18.5 Å². The summed E-state index contributed by atoms with van der Waals surface area (Å²) in [5.41, 5.74) is 0. The van der Waals surface area contributed by atoms with Crippen molar-refractivity contribution in [2.45, 2.75) is 30.7 Å². The molecular formula is C8H13NO2S. The summed E-state index contributed by atoms with van der Waals surface area (Å²) in [5.74, 6) is 0.147. The lowest BCUT2D eigenvalue weighted by Gasteiger charge is -2.27. The van der Waals surface area contributed by atoms with E-state index in [4.69, 9.17) is 4.74 Å². The molecule has 2 rings (SSSR count). The maximum atomic E-state index is 11.5. The number of hydrogen-bond acceptors (Lipinski definition) is 3. The first-order valence-corrected chi connectivity index (χ1v) is 4.80. The molecule has 2 heterocycles. The van der Waals surface area contributed by atoms with E-state index in [9.17, 15) is 4.79 Å². The minimum Gasteiger partial charge on any atom is -0.374 e. The molecule has 2 bridgehead atoms. The third-order valence-electron chi connectivity index (χ3n) is 2.54. The summed E-state index contributed by atoms with van der Waals surface area (Å²) < 4.78 is 5.39. The number of ether oxygens (including phenoxy) is 1. The summed E-state index contributed by atoms with van der Waals surface area (Å²) in [6.07, 6.45) is 1.32. The highest BCUT2D eigenvalue weighted by molar-refractivity contribution is 7.81.